The summed E-state index contributed by atoms with van der Waals surface area (Å²) >= 11 is 0. The fourth-order valence-corrected chi connectivity index (χ4v) is 6.88. The van der Waals surface area contributed by atoms with Gasteiger partial charge < -0.3 is 0 Å². The summed E-state index contributed by atoms with van der Waals surface area (Å²) in [4.78, 5) is 13.0. The lowest BCUT2D eigenvalue weighted by Gasteiger charge is -2.33. The SMILES string of the molecule is C[C@H]1[C@@H]2C(=O)CCCC(C)(C)[C@@H]2C[C@@H]1S(=O)(=O)c1ccccc1. The van der Waals surface area contributed by atoms with Crippen LogP contribution in [-0.4, -0.2) is 19.5 Å². The van der Waals surface area contributed by atoms with Gasteiger partial charge in [-0.25, -0.2) is 8.42 Å². The average molecular weight is 334 g/mol. The van der Waals surface area contributed by atoms with Crippen molar-refractivity contribution in [2.75, 3.05) is 0 Å². The minimum absolute atomic E-state index is 0.0338. The molecule has 0 radical (unpaired) electrons. The van der Waals surface area contributed by atoms with Crippen LogP contribution in [0.1, 0.15) is 46.5 Å². The zero-order chi connectivity index (χ0) is 16.8. The Morgan fingerprint density at radius 1 is 1.13 bits per heavy atom. The Morgan fingerprint density at radius 2 is 1.78 bits per heavy atom. The number of hydrogen-bond acceptors (Lipinski definition) is 3. The molecule has 23 heavy (non-hydrogen) atoms. The van der Waals surface area contributed by atoms with E-state index in [0.717, 1.165) is 12.8 Å². The highest BCUT2D eigenvalue weighted by atomic mass is 32.2. The molecule has 0 unspecified atom stereocenters. The van der Waals surface area contributed by atoms with Gasteiger partial charge in [-0.15, -0.1) is 0 Å². The van der Waals surface area contributed by atoms with Crippen LogP contribution in [0.2, 0.25) is 0 Å². The van der Waals surface area contributed by atoms with Gasteiger partial charge in [-0.2, -0.15) is 0 Å². The van der Waals surface area contributed by atoms with Crippen molar-refractivity contribution in [3.8, 4) is 0 Å². The summed E-state index contributed by atoms with van der Waals surface area (Å²) in [7, 11) is -3.38. The molecule has 3 nitrogen and oxygen atoms in total. The predicted molar refractivity (Wildman–Crippen MR) is 90.8 cm³/mol. The number of carbonyl (C=O) groups is 1. The van der Waals surface area contributed by atoms with Gasteiger partial charge >= 0.3 is 0 Å². The van der Waals surface area contributed by atoms with E-state index in [1.165, 1.54) is 0 Å². The molecule has 0 N–H and O–H groups in total. The molecular weight excluding hydrogens is 308 g/mol. The number of ketones is 1. The molecule has 0 aliphatic heterocycles. The van der Waals surface area contributed by atoms with Crippen LogP contribution in [0.25, 0.3) is 0 Å². The third-order valence-corrected chi connectivity index (χ3v) is 8.51. The largest absolute Gasteiger partial charge is 0.299 e. The van der Waals surface area contributed by atoms with Gasteiger partial charge in [0.15, 0.2) is 9.84 Å². The molecule has 3 rings (SSSR count). The molecule has 4 atom stereocenters. The smallest absolute Gasteiger partial charge is 0.181 e. The van der Waals surface area contributed by atoms with E-state index in [1.54, 1.807) is 24.3 Å². The maximum atomic E-state index is 13.1. The van der Waals surface area contributed by atoms with E-state index >= 15 is 0 Å². The van der Waals surface area contributed by atoms with E-state index in [1.807, 2.05) is 13.0 Å². The summed E-state index contributed by atoms with van der Waals surface area (Å²) in [6.07, 6.45) is 3.15. The molecule has 1 aromatic rings. The second kappa shape index (κ2) is 5.73. The normalized spacial score (nSPS) is 34.0. The van der Waals surface area contributed by atoms with E-state index in [-0.39, 0.29) is 29.0 Å². The van der Waals surface area contributed by atoms with Crippen LogP contribution < -0.4 is 0 Å². The maximum absolute atomic E-state index is 13.1. The van der Waals surface area contributed by atoms with Crippen molar-refractivity contribution in [3.05, 3.63) is 30.3 Å². The van der Waals surface area contributed by atoms with Crippen molar-refractivity contribution in [1.82, 2.24) is 0 Å². The number of Topliss-reactive ketones (excluding diaryl/α,β-unsaturated/α-hetero) is 1. The maximum Gasteiger partial charge on any atom is 0.181 e. The molecule has 2 aliphatic carbocycles. The number of rotatable bonds is 2. The third-order valence-electron chi connectivity index (χ3n) is 6.16. The van der Waals surface area contributed by atoms with Crippen molar-refractivity contribution in [1.29, 1.82) is 0 Å². The van der Waals surface area contributed by atoms with Crippen LogP contribution in [0.3, 0.4) is 0 Å². The molecule has 126 valence electrons. The Bertz CT molecular complexity index is 691. The lowest BCUT2D eigenvalue weighted by atomic mass is 9.71. The van der Waals surface area contributed by atoms with Crippen molar-refractivity contribution in [2.45, 2.75) is 56.6 Å². The van der Waals surface area contributed by atoms with Gasteiger partial charge in [0.25, 0.3) is 0 Å². The standard InChI is InChI=1S/C19H26O3S/c1-13-17(23(21,22)14-8-5-4-6-9-14)12-15-18(13)16(20)10-7-11-19(15,2)3/h4-6,8-9,13,15,17-18H,7,10-12H2,1-3H3/t13-,15-,17+,18+/m1/s1. The van der Waals surface area contributed by atoms with E-state index < -0.39 is 15.1 Å². The summed E-state index contributed by atoms with van der Waals surface area (Å²) < 4.78 is 26.2. The predicted octanol–water partition coefficient (Wildman–Crippen LogP) is 3.88. The van der Waals surface area contributed by atoms with Gasteiger partial charge in [0, 0.05) is 12.3 Å². The fourth-order valence-electron chi connectivity index (χ4n) is 4.80. The second-order valence-corrected chi connectivity index (χ2v) is 10.1. The van der Waals surface area contributed by atoms with Gasteiger partial charge in [-0.1, -0.05) is 39.0 Å². The van der Waals surface area contributed by atoms with Crippen LogP contribution >= 0.6 is 0 Å². The first-order chi connectivity index (χ1) is 10.7. The van der Waals surface area contributed by atoms with Gasteiger partial charge in [-0.05, 0) is 48.6 Å². The monoisotopic (exact) mass is 334 g/mol. The number of carbonyl (C=O) groups excluding carboxylic acids is 1. The first-order valence-electron chi connectivity index (χ1n) is 8.57. The highest BCUT2D eigenvalue weighted by molar-refractivity contribution is 7.92. The zero-order valence-corrected chi connectivity index (χ0v) is 15.0. The first kappa shape index (κ1) is 16.7. The highest BCUT2D eigenvalue weighted by Gasteiger charge is 2.54. The second-order valence-electron chi connectivity index (χ2n) is 7.93. The zero-order valence-electron chi connectivity index (χ0n) is 14.2. The lowest BCUT2D eigenvalue weighted by Crippen LogP contribution is -2.31. The van der Waals surface area contributed by atoms with Crippen LogP contribution in [0, 0.1) is 23.2 Å². The number of sulfone groups is 1. The third kappa shape index (κ3) is 2.75. The minimum atomic E-state index is -3.38. The van der Waals surface area contributed by atoms with Gasteiger partial charge in [0.2, 0.25) is 0 Å². The molecule has 4 heteroatoms. The molecule has 0 bridgehead atoms. The number of hydrogen-bond donors (Lipinski definition) is 0. The van der Waals surface area contributed by atoms with Crippen LogP contribution in [0.4, 0.5) is 0 Å². The number of benzene rings is 1. The average Bonchev–Trinajstić information content (AvgIpc) is 2.81. The van der Waals surface area contributed by atoms with Gasteiger partial charge in [0.1, 0.15) is 5.78 Å². The summed E-state index contributed by atoms with van der Waals surface area (Å²) in [5, 5.41) is -0.443. The minimum Gasteiger partial charge on any atom is -0.299 e. The van der Waals surface area contributed by atoms with Crippen molar-refractivity contribution >= 4 is 15.6 Å². The summed E-state index contributed by atoms with van der Waals surface area (Å²) in [6, 6.07) is 8.69. The molecule has 0 aromatic heterocycles. The first-order valence-corrected chi connectivity index (χ1v) is 10.1. The Morgan fingerprint density at radius 3 is 2.43 bits per heavy atom. The molecule has 0 amide bonds. The summed E-state index contributed by atoms with van der Waals surface area (Å²) in [5.41, 5.74) is 0.0338. The molecule has 2 fully saturated rings. The molecule has 2 saturated carbocycles. The highest BCUT2D eigenvalue weighted by Crippen LogP contribution is 2.53. The van der Waals surface area contributed by atoms with Crippen molar-refractivity contribution in [2.24, 2.45) is 23.2 Å². The molecule has 2 aliphatic rings. The summed E-state index contributed by atoms with van der Waals surface area (Å²) in [5.74, 6) is 0.251. The molecule has 0 saturated heterocycles. The quantitative estimate of drug-likeness (QED) is 0.824. The fraction of sp³-hybridized carbons (Fsp3) is 0.632. The van der Waals surface area contributed by atoms with Crippen LogP contribution in [-0.2, 0) is 14.6 Å². The van der Waals surface area contributed by atoms with Crippen LogP contribution in [0.15, 0.2) is 35.2 Å². The van der Waals surface area contributed by atoms with E-state index in [0.29, 0.717) is 17.7 Å². The topological polar surface area (TPSA) is 51.2 Å². The van der Waals surface area contributed by atoms with E-state index in [2.05, 4.69) is 13.8 Å². The van der Waals surface area contributed by atoms with E-state index in [9.17, 15) is 13.2 Å². The molecule has 1 aromatic carbocycles. The van der Waals surface area contributed by atoms with E-state index in [4.69, 9.17) is 0 Å². The Balaban J connectivity index is 1.99. The molecular formula is C19H26O3S. The number of fused-ring (bicyclic) bond motifs is 1. The Hall–Kier alpha value is -1.16. The van der Waals surface area contributed by atoms with Crippen molar-refractivity contribution in [3.63, 3.8) is 0 Å². The van der Waals surface area contributed by atoms with Crippen LogP contribution in [0.5, 0.6) is 0 Å². The van der Waals surface area contributed by atoms with Crippen molar-refractivity contribution < 1.29 is 13.2 Å². The van der Waals surface area contributed by atoms with Gasteiger partial charge in [-0.3, -0.25) is 4.79 Å². The molecule has 0 heterocycles. The Labute approximate surface area is 139 Å². The molecule has 0 spiro atoms. The lowest BCUT2D eigenvalue weighted by molar-refractivity contribution is -0.125. The van der Waals surface area contributed by atoms with Gasteiger partial charge in [0.05, 0.1) is 10.1 Å². The summed E-state index contributed by atoms with van der Waals surface area (Å²) in [6.45, 7) is 6.37. The Kier molecular flexibility index (Phi) is 4.16.